The third-order valence-corrected chi connectivity index (χ3v) is 5.22. The summed E-state index contributed by atoms with van der Waals surface area (Å²) < 4.78 is 17.2. The highest BCUT2D eigenvalue weighted by Crippen LogP contribution is 2.32. The van der Waals surface area contributed by atoms with E-state index in [0.29, 0.717) is 42.1 Å². The van der Waals surface area contributed by atoms with Gasteiger partial charge in [-0.25, -0.2) is 0 Å². The van der Waals surface area contributed by atoms with Gasteiger partial charge in [0.05, 0.1) is 18.6 Å². The monoisotopic (exact) mass is 404 g/mol. The van der Waals surface area contributed by atoms with E-state index >= 15 is 0 Å². The van der Waals surface area contributed by atoms with Crippen LogP contribution in [0.25, 0.3) is 21.9 Å². The first-order valence-electron chi connectivity index (χ1n) is 9.77. The minimum Gasteiger partial charge on any atom is -0.507 e. The molecule has 0 bridgehead atoms. The molecular formula is C23H20N2O5. The van der Waals surface area contributed by atoms with E-state index in [1.165, 1.54) is 0 Å². The highest BCUT2D eigenvalue weighted by Gasteiger charge is 2.18. The van der Waals surface area contributed by atoms with Crippen LogP contribution in [0, 0.1) is 0 Å². The molecule has 5 rings (SSSR count). The van der Waals surface area contributed by atoms with Crippen LogP contribution in [0.2, 0.25) is 0 Å². The van der Waals surface area contributed by atoms with Crippen LogP contribution in [-0.4, -0.2) is 36.4 Å². The zero-order valence-electron chi connectivity index (χ0n) is 16.2. The van der Waals surface area contributed by atoms with Crippen molar-refractivity contribution in [1.82, 2.24) is 4.98 Å². The second-order valence-electron chi connectivity index (χ2n) is 7.18. The summed E-state index contributed by atoms with van der Waals surface area (Å²) in [6, 6.07) is 12.3. The zero-order chi connectivity index (χ0) is 20.5. The van der Waals surface area contributed by atoms with E-state index in [9.17, 15) is 9.90 Å². The van der Waals surface area contributed by atoms with Crippen molar-refractivity contribution in [3.63, 3.8) is 0 Å². The minimum absolute atomic E-state index is 0.0819. The fraction of sp³-hybridized carbons (Fsp3) is 0.217. The van der Waals surface area contributed by atoms with Gasteiger partial charge < -0.3 is 23.9 Å². The minimum atomic E-state index is -0.268. The van der Waals surface area contributed by atoms with Gasteiger partial charge in [0, 0.05) is 54.9 Å². The van der Waals surface area contributed by atoms with Crippen molar-refractivity contribution in [3.05, 3.63) is 70.6 Å². The fourth-order valence-corrected chi connectivity index (χ4v) is 3.67. The fourth-order valence-electron chi connectivity index (χ4n) is 3.67. The van der Waals surface area contributed by atoms with Crippen molar-refractivity contribution in [1.29, 1.82) is 0 Å². The molecule has 2 aromatic carbocycles. The Balaban J connectivity index is 1.54. The lowest BCUT2D eigenvalue weighted by molar-refractivity contribution is 0.122. The van der Waals surface area contributed by atoms with Crippen LogP contribution in [0.15, 0.2) is 64.1 Å². The zero-order valence-corrected chi connectivity index (χ0v) is 16.2. The van der Waals surface area contributed by atoms with Crippen molar-refractivity contribution in [2.75, 3.05) is 31.2 Å². The molecule has 0 aliphatic carbocycles. The molecule has 7 nitrogen and oxygen atoms in total. The van der Waals surface area contributed by atoms with E-state index in [4.69, 9.17) is 13.9 Å². The first-order valence-corrected chi connectivity index (χ1v) is 9.77. The quantitative estimate of drug-likeness (QED) is 0.522. The first kappa shape index (κ1) is 18.4. The van der Waals surface area contributed by atoms with Crippen molar-refractivity contribution in [2.24, 2.45) is 0 Å². The van der Waals surface area contributed by atoms with Gasteiger partial charge in [-0.15, -0.1) is 0 Å². The number of phenols is 1. The molecular weight excluding hydrogens is 384 g/mol. The highest BCUT2D eigenvalue weighted by atomic mass is 16.5. The number of fused-ring (bicyclic) bond motifs is 2. The molecule has 0 amide bonds. The Labute approximate surface area is 172 Å². The topological polar surface area (TPSA) is 85.0 Å². The number of phenolic OH excluding ortho intramolecular Hbond substituents is 1. The first-order chi connectivity index (χ1) is 14.7. The molecule has 1 saturated heterocycles. The molecule has 0 radical (unpaired) electrons. The lowest BCUT2D eigenvalue weighted by atomic mass is 10.1. The number of anilines is 1. The lowest BCUT2D eigenvalue weighted by Gasteiger charge is -2.29. The van der Waals surface area contributed by atoms with Gasteiger partial charge in [0.1, 0.15) is 34.7 Å². The summed E-state index contributed by atoms with van der Waals surface area (Å²) in [6.45, 7) is 3.04. The molecule has 152 valence electrons. The molecule has 0 saturated carbocycles. The summed E-state index contributed by atoms with van der Waals surface area (Å²) in [5.41, 5.74) is 2.23. The summed E-state index contributed by atoms with van der Waals surface area (Å²) in [4.78, 5) is 19.2. The van der Waals surface area contributed by atoms with Gasteiger partial charge >= 0.3 is 0 Å². The van der Waals surface area contributed by atoms with Gasteiger partial charge in [-0.1, -0.05) is 6.07 Å². The summed E-state index contributed by atoms with van der Waals surface area (Å²) in [7, 11) is 0. The summed E-state index contributed by atoms with van der Waals surface area (Å²) >= 11 is 0. The molecule has 0 atom stereocenters. The van der Waals surface area contributed by atoms with Gasteiger partial charge in [-0.2, -0.15) is 0 Å². The van der Waals surface area contributed by atoms with Crippen LogP contribution in [0.5, 0.6) is 11.5 Å². The van der Waals surface area contributed by atoms with E-state index in [-0.39, 0.29) is 16.6 Å². The molecule has 1 aliphatic heterocycles. The molecule has 3 heterocycles. The highest BCUT2D eigenvalue weighted by molar-refractivity contribution is 5.95. The van der Waals surface area contributed by atoms with Gasteiger partial charge in [-0.3, -0.25) is 9.78 Å². The maximum Gasteiger partial charge on any atom is 0.204 e. The number of ether oxygens (including phenoxy) is 2. The number of hydrogen-bond acceptors (Lipinski definition) is 7. The molecule has 1 N–H and O–H groups in total. The normalized spacial score (nSPS) is 14.3. The molecule has 4 aromatic rings. The summed E-state index contributed by atoms with van der Waals surface area (Å²) in [5, 5.41) is 11.1. The van der Waals surface area contributed by atoms with Crippen LogP contribution in [0.3, 0.4) is 0 Å². The lowest BCUT2D eigenvalue weighted by Crippen LogP contribution is -2.36. The van der Waals surface area contributed by atoms with Gasteiger partial charge in [0.2, 0.25) is 5.43 Å². The Morgan fingerprint density at radius 2 is 1.97 bits per heavy atom. The van der Waals surface area contributed by atoms with E-state index in [0.717, 1.165) is 24.3 Å². The second kappa shape index (κ2) is 7.68. The van der Waals surface area contributed by atoms with Crippen molar-refractivity contribution >= 4 is 27.6 Å². The number of benzene rings is 2. The number of morpholine rings is 1. The molecule has 0 spiro atoms. The van der Waals surface area contributed by atoms with Crippen LogP contribution in [0.4, 0.5) is 5.69 Å². The Morgan fingerprint density at radius 1 is 1.10 bits per heavy atom. The summed E-state index contributed by atoms with van der Waals surface area (Å²) in [6.07, 6.45) is 3.45. The average molecular weight is 404 g/mol. The van der Waals surface area contributed by atoms with E-state index < -0.39 is 0 Å². The van der Waals surface area contributed by atoms with Crippen molar-refractivity contribution < 1.29 is 19.0 Å². The van der Waals surface area contributed by atoms with Crippen LogP contribution < -0.4 is 15.1 Å². The largest absolute Gasteiger partial charge is 0.507 e. The standard InChI is InChI=1S/C23H20N2O5/c26-19-10-16(25-6-8-28-9-7-25)11-21-22(19)23(27)18-4-3-17(12-20(18)30-21)29-14-15-2-1-5-24-13-15/h1-5,10-13,26H,6-9,14H2. The van der Waals surface area contributed by atoms with Crippen LogP contribution in [-0.2, 0) is 11.3 Å². The van der Waals surface area contributed by atoms with Crippen LogP contribution >= 0.6 is 0 Å². The van der Waals surface area contributed by atoms with Gasteiger partial charge in [0.25, 0.3) is 0 Å². The molecule has 1 fully saturated rings. The predicted octanol–water partition coefficient (Wildman–Crippen LogP) is 3.46. The van der Waals surface area contributed by atoms with Gasteiger partial charge in [-0.05, 0) is 18.2 Å². The summed E-state index contributed by atoms with van der Waals surface area (Å²) in [5.74, 6) is 0.504. The molecule has 2 aromatic heterocycles. The molecule has 0 unspecified atom stereocenters. The Morgan fingerprint density at radius 3 is 2.77 bits per heavy atom. The average Bonchev–Trinajstić information content (AvgIpc) is 2.78. The van der Waals surface area contributed by atoms with E-state index in [2.05, 4.69) is 9.88 Å². The molecule has 7 heteroatoms. The second-order valence-corrected chi connectivity index (χ2v) is 7.18. The number of pyridine rings is 1. The van der Waals surface area contributed by atoms with Crippen molar-refractivity contribution in [2.45, 2.75) is 6.61 Å². The third-order valence-electron chi connectivity index (χ3n) is 5.22. The van der Waals surface area contributed by atoms with E-state index in [1.807, 2.05) is 12.1 Å². The van der Waals surface area contributed by atoms with Gasteiger partial charge in [0.15, 0.2) is 0 Å². The molecule has 1 aliphatic rings. The number of nitrogens with zero attached hydrogens (tertiary/aromatic N) is 2. The maximum atomic E-state index is 13.0. The predicted molar refractivity (Wildman–Crippen MR) is 113 cm³/mol. The Bertz CT molecular complexity index is 1260. The maximum absolute atomic E-state index is 13.0. The number of rotatable bonds is 4. The SMILES string of the molecule is O=c1c2ccc(OCc3cccnc3)cc2oc2cc(N3CCOCC3)cc(O)c12. The number of hydrogen-bond donors (Lipinski definition) is 1. The van der Waals surface area contributed by atoms with E-state index in [1.54, 1.807) is 42.7 Å². The number of aromatic nitrogens is 1. The Kier molecular flexibility index (Phi) is 4.72. The smallest absolute Gasteiger partial charge is 0.204 e. The Hall–Kier alpha value is -3.58. The molecule has 30 heavy (non-hydrogen) atoms. The third kappa shape index (κ3) is 3.44. The van der Waals surface area contributed by atoms with Crippen LogP contribution in [0.1, 0.15) is 5.56 Å². The van der Waals surface area contributed by atoms with Crippen molar-refractivity contribution in [3.8, 4) is 11.5 Å². The number of aromatic hydroxyl groups is 1.